The second-order valence-electron chi connectivity index (χ2n) is 11.6. The topological polar surface area (TPSA) is 30.9 Å². The Morgan fingerprint density at radius 3 is 2.31 bits per heavy atom. The first-order chi connectivity index (χ1) is 17.2. The molecule has 4 aliphatic rings. The van der Waals surface area contributed by atoms with E-state index in [0.29, 0.717) is 37.5 Å². The third-order valence-corrected chi connectivity index (χ3v) is 8.93. The van der Waals surface area contributed by atoms with Crippen LogP contribution in [0.15, 0.2) is 53.9 Å². The van der Waals surface area contributed by atoms with Gasteiger partial charge in [0.2, 0.25) is 0 Å². The van der Waals surface area contributed by atoms with Gasteiger partial charge in [-0.2, -0.15) is 0 Å². The van der Waals surface area contributed by atoms with E-state index in [9.17, 15) is 0 Å². The molecule has 0 aliphatic carbocycles. The zero-order valence-corrected chi connectivity index (χ0v) is 22.9. The Morgan fingerprint density at radius 2 is 1.72 bits per heavy atom. The number of benzene rings is 1. The molecule has 1 atom stereocenters. The number of hydrogen-bond acceptors (Lipinski definition) is 4. The number of unbranched alkanes of at least 4 members (excludes halogenated alkanes) is 3. The van der Waals surface area contributed by atoms with E-state index in [0.717, 1.165) is 30.1 Å². The number of rotatable bonds is 11. The van der Waals surface area contributed by atoms with Gasteiger partial charge in [0.15, 0.2) is 5.67 Å². The number of likely N-dealkylation sites (tertiary alicyclic amines) is 1. The monoisotopic (exact) mass is 494 g/mol. The number of aliphatic imine (C=N–C) groups is 1. The molecule has 4 saturated heterocycles. The van der Waals surface area contributed by atoms with Crippen LogP contribution in [-0.2, 0) is 6.42 Å². The molecule has 0 radical (unpaired) electrons. The Balaban J connectivity index is 1.28. The Labute approximate surface area is 218 Å². The summed E-state index contributed by atoms with van der Waals surface area (Å²) in [4.78, 5) is 9.41. The van der Waals surface area contributed by atoms with Crippen LogP contribution in [0.2, 0.25) is 0 Å². The van der Waals surface area contributed by atoms with Gasteiger partial charge < -0.3 is 15.1 Å². The number of fused-ring (bicyclic) bond motifs is 3. The molecule has 5 heteroatoms. The second kappa shape index (κ2) is 11.5. The Morgan fingerprint density at radius 1 is 1.06 bits per heavy atom. The molecule has 1 unspecified atom stereocenters. The fraction of sp³-hybridized carbons (Fsp3) is 0.645. The highest BCUT2D eigenvalue weighted by molar-refractivity contribution is 5.99. The summed E-state index contributed by atoms with van der Waals surface area (Å²) in [5.41, 5.74) is 2.58. The summed E-state index contributed by atoms with van der Waals surface area (Å²) < 4.78 is 16.0. The first-order valence-corrected chi connectivity index (χ1v) is 14.2. The molecule has 4 nitrogen and oxygen atoms in total. The van der Waals surface area contributed by atoms with Gasteiger partial charge in [0, 0.05) is 49.4 Å². The molecule has 1 aromatic rings. The third-order valence-electron chi connectivity index (χ3n) is 8.93. The van der Waals surface area contributed by atoms with E-state index < -0.39 is 5.67 Å². The summed E-state index contributed by atoms with van der Waals surface area (Å²) in [5, 5.41) is 3.58. The van der Waals surface area contributed by atoms with Gasteiger partial charge in [-0.3, -0.25) is 0 Å². The number of nitrogens with one attached hydrogen (secondary N) is 1. The summed E-state index contributed by atoms with van der Waals surface area (Å²) in [6.07, 6.45) is 9.51. The lowest BCUT2D eigenvalue weighted by Crippen LogP contribution is -2.65. The fourth-order valence-electron chi connectivity index (χ4n) is 6.34. The Hall–Kier alpha value is -2.14. The van der Waals surface area contributed by atoms with Gasteiger partial charge >= 0.3 is 0 Å². The number of alkyl halides is 1. The molecule has 4 fully saturated rings. The van der Waals surface area contributed by atoms with E-state index in [1.165, 1.54) is 57.2 Å². The molecule has 198 valence electrons. The predicted octanol–water partition coefficient (Wildman–Crippen LogP) is 6.48. The van der Waals surface area contributed by atoms with Gasteiger partial charge in [-0.05, 0) is 69.7 Å². The van der Waals surface area contributed by atoms with Crippen LogP contribution < -0.4 is 5.32 Å². The average Bonchev–Trinajstić information content (AvgIpc) is 2.87. The summed E-state index contributed by atoms with van der Waals surface area (Å²) in [6, 6.07) is 8.76. The normalized spacial score (nSPS) is 27.7. The molecule has 2 bridgehead atoms. The quantitative estimate of drug-likeness (QED) is 0.282. The van der Waals surface area contributed by atoms with Crippen molar-refractivity contribution in [3.63, 3.8) is 0 Å². The molecule has 36 heavy (non-hydrogen) atoms. The van der Waals surface area contributed by atoms with Gasteiger partial charge in [-0.25, -0.2) is 9.38 Å². The molecule has 5 rings (SSSR count). The van der Waals surface area contributed by atoms with Crippen molar-refractivity contribution in [3.05, 3.63) is 60.1 Å². The highest BCUT2D eigenvalue weighted by Crippen LogP contribution is 2.39. The number of piperidine rings is 4. The average molecular weight is 495 g/mol. The van der Waals surface area contributed by atoms with E-state index >= 15 is 4.39 Å². The molecular formula is C31H47FN4. The molecular weight excluding hydrogens is 447 g/mol. The van der Waals surface area contributed by atoms with Crippen molar-refractivity contribution >= 4 is 5.71 Å². The first-order valence-electron chi connectivity index (χ1n) is 14.2. The van der Waals surface area contributed by atoms with Gasteiger partial charge in [0.25, 0.3) is 0 Å². The molecule has 4 aliphatic heterocycles. The zero-order valence-electron chi connectivity index (χ0n) is 22.9. The minimum absolute atomic E-state index is 0.0696. The van der Waals surface area contributed by atoms with Crippen molar-refractivity contribution in [1.29, 1.82) is 0 Å². The van der Waals surface area contributed by atoms with Gasteiger partial charge in [-0.1, -0.05) is 63.6 Å². The van der Waals surface area contributed by atoms with E-state index in [1.54, 1.807) is 0 Å². The van der Waals surface area contributed by atoms with Crippen LogP contribution >= 0.6 is 0 Å². The van der Waals surface area contributed by atoms with Crippen molar-refractivity contribution in [3.8, 4) is 0 Å². The SMILES string of the molecule is C=C(N=C(C)c1ccc(CCCCCC)cc1)N1CCC(F)(C(=C)NC2(C)CN3CCC2CC3)CC1. The Kier molecular flexibility index (Phi) is 8.59. The maximum absolute atomic E-state index is 16.0. The van der Waals surface area contributed by atoms with Gasteiger partial charge in [0.05, 0.1) is 0 Å². The smallest absolute Gasteiger partial charge is 0.153 e. The summed E-state index contributed by atoms with van der Waals surface area (Å²) in [5.74, 6) is 1.33. The van der Waals surface area contributed by atoms with E-state index in [4.69, 9.17) is 4.99 Å². The van der Waals surface area contributed by atoms with Crippen LogP contribution in [-0.4, -0.2) is 59.4 Å². The maximum atomic E-state index is 16.0. The zero-order chi connectivity index (χ0) is 25.8. The van der Waals surface area contributed by atoms with Gasteiger partial charge in [0.1, 0.15) is 5.82 Å². The standard InChI is InChI=1S/C31H47FN4/c1-6-7-8-9-10-27-11-13-28(14-12-27)24(2)33-26(4)36-21-17-31(32,18-22-36)25(3)34-30(5)23-35-19-15-29(30)16-20-35/h11-14,29,34H,3-4,6-10,15-23H2,1-2,5H3. The molecule has 1 aromatic carbocycles. The summed E-state index contributed by atoms with van der Waals surface area (Å²) in [7, 11) is 0. The number of nitrogens with zero attached hydrogens (tertiary/aromatic N) is 3. The second-order valence-corrected chi connectivity index (χ2v) is 11.6. The highest BCUT2D eigenvalue weighted by Gasteiger charge is 2.46. The first kappa shape index (κ1) is 26.9. The van der Waals surface area contributed by atoms with Crippen LogP contribution in [0.25, 0.3) is 0 Å². The van der Waals surface area contributed by atoms with Gasteiger partial charge in [-0.15, -0.1) is 0 Å². The molecule has 1 N–H and O–H groups in total. The molecule has 0 saturated carbocycles. The van der Waals surface area contributed by atoms with Crippen molar-refractivity contribution in [2.75, 3.05) is 32.7 Å². The van der Waals surface area contributed by atoms with E-state index in [-0.39, 0.29) is 5.54 Å². The summed E-state index contributed by atoms with van der Waals surface area (Å²) in [6.45, 7) is 19.5. The maximum Gasteiger partial charge on any atom is 0.153 e. The van der Waals surface area contributed by atoms with Crippen molar-refractivity contribution < 1.29 is 4.39 Å². The number of hydrogen-bond donors (Lipinski definition) is 1. The lowest BCUT2D eigenvalue weighted by atomic mass is 9.73. The van der Waals surface area contributed by atoms with E-state index in [1.807, 2.05) is 6.92 Å². The van der Waals surface area contributed by atoms with Crippen LogP contribution in [0.4, 0.5) is 4.39 Å². The van der Waals surface area contributed by atoms with Crippen LogP contribution in [0.5, 0.6) is 0 Å². The van der Waals surface area contributed by atoms with Crippen LogP contribution in [0.3, 0.4) is 0 Å². The highest BCUT2D eigenvalue weighted by atomic mass is 19.1. The molecule has 4 heterocycles. The van der Waals surface area contributed by atoms with Crippen LogP contribution in [0.1, 0.15) is 83.3 Å². The minimum Gasteiger partial charge on any atom is -0.379 e. The van der Waals surface area contributed by atoms with Crippen molar-refractivity contribution in [2.24, 2.45) is 10.9 Å². The molecule has 0 amide bonds. The lowest BCUT2D eigenvalue weighted by molar-refractivity contribution is 0.0118. The van der Waals surface area contributed by atoms with Crippen molar-refractivity contribution in [2.45, 2.75) is 89.8 Å². The van der Waals surface area contributed by atoms with Crippen LogP contribution in [0, 0.1) is 5.92 Å². The fourth-order valence-corrected chi connectivity index (χ4v) is 6.34. The summed E-state index contributed by atoms with van der Waals surface area (Å²) >= 11 is 0. The predicted molar refractivity (Wildman–Crippen MR) is 150 cm³/mol. The Bertz CT molecular complexity index is 936. The minimum atomic E-state index is -1.38. The van der Waals surface area contributed by atoms with Crippen molar-refractivity contribution in [1.82, 2.24) is 15.1 Å². The number of halogens is 1. The molecule has 0 spiro atoms. The van der Waals surface area contributed by atoms with E-state index in [2.05, 4.69) is 66.4 Å². The largest absolute Gasteiger partial charge is 0.379 e. The lowest BCUT2D eigenvalue weighted by Gasteiger charge is -2.53. The third kappa shape index (κ3) is 6.22. The number of allylic oxidation sites excluding steroid dienone is 1. The molecule has 0 aromatic heterocycles. The number of aryl methyl sites for hydroxylation is 1.